The number of rotatable bonds is 11. The quantitative estimate of drug-likeness (QED) is 0.116. The van der Waals surface area contributed by atoms with Gasteiger partial charge in [-0.3, -0.25) is 0 Å². The Bertz CT molecular complexity index is 1710. The van der Waals surface area contributed by atoms with Crippen LogP contribution in [0.25, 0.3) is 45.0 Å². The number of para-hydroxylation sites is 2. The van der Waals surface area contributed by atoms with E-state index in [4.69, 9.17) is 19.9 Å². The minimum Gasteiger partial charge on any atom is -0.507 e. The number of aromatic hydroxyl groups is 2. The summed E-state index contributed by atoms with van der Waals surface area (Å²) in [6, 6.07) is 38.0. The van der Waals surface area contributed by atoms with Crippen LogP contribution in [-0.2, 0) is 0 Å². The molecule has 0 saturated heterocycles. The zero-order chi connectivity index (χ0) is 30.1. The first-order chi connectivity index (χ1) is 21.6. The van der Waals surface area contributed by atoms with Gasteiger partial charge in [0.05, 0.1) is 22.8 Å². The number of aromatic nitrogens is 4. The normalized spacial score (nSPS) is 10.8. The summed E-state index contributed by atoms with van der Waals surface area (Å²) >= 11 is 0. The fourth-order valence-electron chi connectivity index (χ4n) is 4.87. The maximum Gasteiger partial charge on any atom is 0.223 e. The molecule has 0 radical (unpaired) electrons. The smallest absolute Gasteiger partial charge is 0.223 e. The molecule has 0 amide bonds. The molecule has 4 aromatic carbocycles. The molecule has 4 N–H and O–H groups in total. The monoisotopic (exact) mass is 580 g/mol. The van der Waals surface area contributed by atoms with Crippen LogP contribution in [0.3, 0.4) is 0 Å². The standard InChI is InChI=1S/C36H32N6O2/c43-33-19-9-7-17-27(33)31-23-29(25-13-3-1-4-14-25)39-35(41-31)37-21-11-12-22-38-36-40-30(26-15-5-2-6-16-26)24-32(42-36)28-18-8-10-20-34(28)44/h1-10,13-20,23-24,43-44H,11-12,21-22H2,(H,37,39,41)(H,38,40,42). The lowest BCUT2D eigenvalue weighted by Crippen LogP contribution is -2.10. The van der Waals surface area contributed by atoms with Crippen molar-refractivity contribution >= 4 is 11.9 Å². The summed E-state index contributed by atoms with van der Waals surface area (Å²) in [7, 11) is 0. The Kier molecular flexibility index (Phi) is 8.69. The lowest BCUT2D eigenvalue weighted by Gasteiger charge is -2.12. The molecular formula is C36H32N6O2. The molecule has 0 unspecified atom stereocenters. The van der Waals surface area contributed by atoms with Gasteiger partial charge in [-0.2, -0.15) is 0 Å². The van der Waals surface area contributed by atoms with Gasteiger partial charge >= 0.3 is 0 Å². The van der Waals surface area contributed by atoms with E-state index in [1.54, 1.807) is 24.3 Å². The predicted octanol–water partition coefficient (Wildman–Crippen LogP) is 7.65. The second-order valence-electron chi connectivity index (χ2n) is 10.3. The van der Waals surface area contributed by atoms with Crippen LogP contribution in [0.4, 0.5) is 11.9 Å². The van der Waals surface area contributed by atoms with Crippen molar-refractivity contribution in [1.82, 2.24) is 19.9 Å². The Morgan fingerprint density at radius 3 is 1.20 bits per heavy atom. The molecule has 2 aromatic heterocycles. The highest BCUT2D eigenvalue weighted by atomic mass is 16.3. The van der Waals surface area contributed by atoms with E-state index in [0.29, 0.717) is 47.5 Å². The Morgan fingerprint density at radius 1 is 0.432 bits per heavy atom. The van der Waals surface area contributed by atoms with Gasteiger partial charge in [0.2, 0.25) is 11.9 Å². The predicted molar refractivity (Wildman–Crippen MR) is 175 cm³/mol. The summed E-state index contributed by atoms with van der Waals surface area (Å²) in [5, 5.41) is 27.6. The van der Waals surface area contributed by atoms with Crippen molar-refractivity contribution in [2.75, 3.05) is 23.7 Å². The number of phenols is 2. The van der Waals surface area contributed by atoms with Crippen molar-refractivity contribution in [3.63, 3.8) is 0 Å². The van der Waals surface area contributed by atoms with Gasteiger partial charge in [0.25, 0.3) is 0 Å². The third kappa shape index (κ3) is 6.82. The largest absolute Gasteiger partial charge is 0.507 e. The van der Waals surface area contributed by atoms with Crippen LogP contribution in [-0.4, -0.2) is 43.2 Å². The van der Waals surface area contributed by atoms with E-state index in [1.165, 1.54) is 0 Å². The third-order valence-electron chi connectivity index (χ3n) is 7.12. The molecule has 0 spiro atoms. The summed E-state index contributed by atoms with van der Waals surface area (Å²) in [4.78, 5) is 18.9. The maximum atomic E-state index is 10.5. The lowest BCUT2D eigenvalue weighted by molar-refractivity contribution is 0.476. The average Bonchev–Trinajstić information content (AvgIpc) is 3.07. The summed E-state index contributed by atoms with van der Waals surface area (Å²) in [6.07, 6.45) is 1.70. The van der Waals surface area contributed by atoms with Gasteiger partial charge in [-0.25, -0.2) is 19.9 Å². The van der Waals surface area contributed by atoms with Crippen molar-refractivity contribution in [2.45, 2.75) is 12.8 Å². The van der Waals surface area contributed by atoms with E-state index in [2.05, 4.69) is 10.6 Å². The van der Waals surface area contributed by atoms with Crippen LogP contribution in [0.1, 0.15) is 12.8 Å². The summed E-state index contributed by atoms with van der Waals surface area (Å²) in [6.45, 7) is 1.32. The molecule has 0 aliphatic carbocycles. The molecule has 44 heavy (non-hydrogen) atoms. The van der Waals surface area contributed by atoms with Gasteiger partial charge < -0.3 is 20.8 Å². The number of hydrogen-bond acceptors (Lipinski definition) is 8. The molecule has 6 aromatic rings. The Balaban J connectivity index is 1.13. The van der Waals surface area contributed by atoms with E-state index in [1.807, 2.05) is 97.1 Å². The molecule has 0 aliphatic heterocycles. The lowest BCUT2D eigenvalue weighted by atomic mass is 10.1. The zero-order valence-electron chi connectivity index (χ0n) is 24.1. The number of hydrogen-bond donors (Lipinski definition) is 4. The molecule has 0 bridgehead atoms. The molecule has 0 fully saturated rings. The van der Waals surface area contributed by atoms with Crippen LogP contribution >= 0.6 is 0 Å². The van der Waals surface area contributed by atoms with Crippen LogP contribution in [0.15, 0.2) is 121 Å². The second-order valence-corrected chi connectivity index (χ2v) is 10.3. The van der Waals surface area contributed by atoms with Crippen LogP contribution in [0.5, 0.6) is 11.5 Å². The average molecular weight is 581 g/mol. The molecular weight excluding hydrogens is 548 g/mol. The topological polar surface area (TPSA) is 116 Å². The number of benzene rings is 4. The van der Waals surface area contributed by atoms with Crippen molar-refractivity contribution in [1.29, 1.82) is 0 Å². The first-order valence-corrected chi connectivity index (χ1v) is 14.6. The summed E-state index contributed by atoms with van der Waals surface area (Å²) in [5.41, 5.74) is 6.10. The number of unbranched alkanes of at least 4 members (excludes halogenated alkanes) is 1. The Hall–Kier alpha value is -5.76. The molecule has 6 rings (SSSR count). The van der Waals surface area contributed by atoms with Crippen molar-refractivity contribution in [2.24, 2.45) is 0 Å². The third-order valence-corrected chi connectivity index (χ3v) is 7.12. The van der Waals surface area contributed by atoms with E-state index >= 15 is 0 Å². The minimum absolute atomic E-state index is 0.173. The van der Waals surface area contributed by atoms with E-state index < -0.39 is 0 Å². The van der Waals surface area contributed by atoms with E-state index in [9.17, 15) is 10.2 Å². The number of anilines is 2. The van der Waals surface area contributed by atoms with Crippen LogP contribution in [0.2, 0.25) is 0 Å². The minimum atomic E-state index is 0.173. The summed E-state index contributed by atoms with van der Waals surface area (Å²) in [5.74, 6) is 1.35. The highest BCUT2D eigenvalue weighted by Crippen LogP contribution is 2.32. The van der Waals surface area contributed by atoms with Gasteiger partial charge in [0.1, 0.15) is 11.5 Å². The maximum absolute atomic E-state index is 10.5. The molecule has 0 atom stereocenters. The SMILES string of the molecule is Oc1ccccc1-c1cc(-c2ccccc2)nc(NCCCCNc2nc(-c3ccccc3)cc(-c3ccccc3O)n2)n1. The number of nitrogens with one attached hydrogen (secondary N) is 2. The highest BCUT2D eigenvalue weighted by molar-refractivity contribution is 5.74. The van der Waals surface area contributed by atoms with E-state index in [-0.39, 0.29) is 11.5 Å². The highest BCUT2D eigenvalue weighted by Gasteiger charge is 2.13. The van der Waals surface area contributed by atoms with Crippen LogP contribution in [0, 0.1) is 0 Å². The summed E-state index contributed by atoms with van der Waals surface area (Å²) < 4.78 is 0. The fourth-order valence-corrected chi connectivity index (χ4v) is 4.87. The molecule has 2 heterocycles. The first kappa shape index (κ1) is 28.4. The zero-order valence-corrected chi connectivity index (χ0v) is 24.1. The van der Waals surface area contributed by atoms with Gasteiger partial charge in [-0.1, -0.05) is 84.9 Å². The molecule has 8 heteroatoms. The van der Waals surface area contributed by atoms with Gasteiger partial charge in [-0.05, 0) is 49.2 Å². The van der Waals surface area contributed by atoms with Gasteiger partial charge in [0, 0.05) is 35.3 Å². The molecule has 8 nitrogen and oxygen atoms in total. The van der Waals surface area contributed by atoms with Crippen LogP contribution < -0.4 is 10.6 Å². The Labute approximate surface area is 256 Å². The first-order valence-electron chi connectivity index (χ1n) is 14.6. The number of phenolic OH excluding ortho intramolecular Hbond substituents is 2. The Morgan fingerprint density at radius 2 is 0.795 bits per heavy atom. The van der Waals surface area contributed by atoms with Gasteiger partial charge in [-0.15, -0.1) is 0 Å². The molecule has 218 valence electrons. The van der Waals surface area contributed by atoms with E-state index in [0.717, 1.165) is 35.4 Å². The van der Waals surface area contributed by atoms with Gasteiger partial charge in [0.15, 0.2) is 0 Å². The van der Waals surface area contributed by atoms with Crippen molar-refractivity contribution in [3.05, 3.63) is 121 Å². The molecule has 0 aliphatic rings. The number of nitrogens with zero attached hydrogens (tertiary/aromatic N) is 4. The second kappa shape index (κ2) is 13.5. The van der Waals surface area contributed by atoms with Crippen molar-refractivity contribution < 1.29 is 10.2 Å². The fraction of sp³-hybridized carbons (Fsp3) is 0.111. The van der Waals surface area contributed by atoms with Crippen molar-refractivity contribution in [3.8, 4) is 56.5 Å². The molecule has 0 saturated carbocycles.